The maximum absolute atomic E-state index is 13.7. The molecule has 2 amide bonds. The molecule has 0 radical (unpaired) electrons. The number of carbonyl (C=O) groups is 2. The van der Waals surface area contributed by atoms with Crippen molar-refractivity contribution in [2.75, 3.05) is 10.6 Å². The number of benzene rings is 2. The first-order valence-corrected chi connectivity index (χ1v) is 8.79. The first-order valence-electron chi connectivity index (χ1n) is 8.79. The van der Waals surface area contributed by atoms with Crippen molar-refractivity contribution in [1.29, 1.82) is 0 Å². The van der Waals surface area contributed by atoms with E-state index in [2.05, 4.69) is 15.6 Å². The van der Waals surface area contributed by atoms with Gasteiger partial charge < -0.3 is 15.1 Å². The van der Waals surface area contributed by atoms with Crippen LogP contribution in [0.4, 0.5) is 15.8 Å². The Kier molecular flexibility index (Phi) is 5.84. The summed E-state index contributed by atoms with van der Waals surface area (Å²) in [7, 11) is 0. The van der Waals surface area contributed by atoms with Crippen molar-refractivity contribution in [3.8, 4) is 11.3 Å². The van der Waals surface area contributed by atoms with Crippen molar-refractivity contribution in [2.45, 2.75) is 26.7 Å². The summed E-state index contributed by atoms with van der Waals surface area (Å²) < 4.78 is 19.4. The Morgan fingerprint density at radius 2 is 1.86 bits per heavy atom. The fraction of sp³-hybridized carbons (Fsp3) is 0.190. The Morgan fingerprint density at radius 3 is 2.57 bits per heavy atom. The van der Waals surface area contributed by atoms with Crippen LogP contribution in [0.3, 0.4) is 0 Å². The standard InChI is InChI=1S/C21H20FN3O3/c1-13-3-5-15(6-4-13)19-12-23-21(28-19)10-9-20(27)25-16-7-8-17(22)18(11-16)24-14(2)26/h3-8,11-12H,9-10H2,1-2H3,(H,24,26)(H,25,27). The minimum atomic E-state index is -0.573. The van der Waals surface area contributed by atoms with Crippen LogP contribution in [-0.2, 0) is 16.0 Å². The maximum Gasteiger partial charge on any atom is 0.224 e. The lowest BCUT2D eigenvalue weighted by molar-refractivity contribution is -0.116. The first kappa shape index (κ1) is 19.3. The predicted molar refractivity (Wildman–Crippen MR) is 104 cm³/mol. The van der Waals surface area contributed by atoms with Gasteiger partial charge in [-0.15, -0.1) is 0 Å². The molecule has 0 aliphatic heterocycles. The largest absolute Gasteiger partial charge is 0.441 e. The molecule has 0 unspecified atom stereocenters. The lowest BCUT2D eigenvalue weighted by atomic mass is 10.1. The van der Waals surface area contributed by atoms with E-state index >= 15 is 0 Å². The molecule has 144 valence electrons. The molecule has 1 aromatic heterocycles. The number of carbonyl (C=O) groups excluding carboxylic acids is 2. The summed E-state index contributed by atoms with van der Waals surface area (Å²) in [5.74, 6) is -0.125. The molecule has 0 atom stereocenters. The molecule has 0 fully saturated rings. The number of anilines is 2. The number of aryl methyl sites for hydroxylation is 2. The highest BCUT2D eigenvalue weighted by Crippen LogP contribution is 2.22. The van der Waals surface area contributed by atoms with Crippen LogP contribution in [0.1, 0.15) is 24.8 Å². The predicted octanol–water partition coefficient (Wildman–Crippen LogP) is 4.32. The van der Waals surface area contributed by atoms with Gasteiger partial charge in [0.1, 0.15) is 5.82 Å². The molecule has 6 nitrogen and oxygen atoms in total. The molecule has 1 heterocycles. The normalized spacial score (nSPS) is 10.5. The van der Waals surface area contributed by atoms with Crippen LogP contribution in [0, 0.1) is 12.7 Å². The van der Waals surface area contributed by atoms with E-state index in [0.29, 0.717) is 23.8 Å². The third-order valence-corrected chi connectivity index (χ3v) is 4.02. The molecule has 0 aliphatic carbocycles. The Bertz CT molecular complexity index is 996. The Hall–Kier alpha value is -3.48. The average Bonchev–Trinajstić information content (AvgIpc) is 3.12. The van der Waals surface area contributed by atoms with Gasteiger partial charge in [-0.05, 0) is 25.1 Å². The zero-order valence-electron chi connectivity index (χ0n) is 15.6. The number of nitrogens with one attached hydrogen (secondary N) is 2. The van der Waals surface area contributed by atoms with Gasteiger partial charge in [0.15, 0.2) is 11.7 Å². The summed E-state index contributed by atoms with van der Waals surface area (Å²) in [6.45, 7) is 3.29. The van der Waals surface area contributed by atoms with Crippen LogP contribution in [0.25, 0.3) is 11.3 Å². The van der Waals surface area contributed by atoms with Crippen molar-refractivity contribution < 1.29 is 18.4 Å². The maximum atomic E-state index is 13.7. The summed E-state index contributed by atoms with van der Waals surface area (Å²) in [6.07, 6.45) is 2.12. The average molecular weight is 381 g/mol. The van der Waals surface area contributed by atoms with Gasteiger partial charge in [-0.2, -0.15) is 0 Å². The van der Waals surface area contributed by atoms with Crippen LogP contribution < -0.4 is 10.6 Å². The van der Waals surface area contributed by atoms with Gasteiger partial charge in [-0.25, -0.2) is 9.37 Å². The highest BCUT2D eigenvalue weighted by Gasteiger charge is 2.11. The molecule has 28 heavy (non-hydrogen) atoms. The van der Waals surface area contributed by atoms with E-state index in [9.17, 15) is 14.0 Å². The zero-order valence-corrected chi connectivity index (χ0v) is 15.6. The number of halogens is 1. The van der Waals surface area contributed by atoms with Gasteiger partial charge in [0.2, 0.25) is 11.8 Å². The van der Waals surface area contributed by atoms with Gasteiger partial charge in [-0.3, -0.25) is 9.59 Å². The van der Waals surface area contributed by atoms with Crippen LogP contribution >= 0.6 is 0 Å². The van der Waals surface area contributed by atoms with E-state index in [0.717, 1.165) is 11.1 Å². The zero-order chi connectivity index (χ0) is 20.1. The van der Waals surface area contributed by atoms with Crippen molar-refractivity contribution in [3.63, 3.8) is 0 Å². The minimum absolute atomic E-state index is 0.0146. The number of rotatable bonds is 6. The number of hydrogen-bond donors (Lipinski definition) is 2. The summed E-state index contributed by atoms with van der Waals surface area (Å²) in [5.41, 5.74) is 2.48. The lowest BCUT2D eigenvalue weighted by Crippen LogP contribution is -2.13. The highest BCUT2D eigenvalue weighted by atomic mass is 19.1. The fourth-order valence-electron chi connectivity index (χ4n) is 2.61. The summed E-state index contributed by atoms with van der Waals surface area (Å²) in [5, 5.41) is 5.05. The molecule has 3 rings (SSSR count). The van der Waals surface area contributed by atoms with Crippen molar-refractivity contribution in [2.24, 2.45) is 0 Å². The van der Waals surface area contributed by atoms with Gasteiger partial charge >= 0.3 is 0 Å². The molecule has 0 saturated heterocycles. The van der Waals surface area contributed by atoms with Crippen LogP contribution in [0.15, 0.2) is 53.1 Å². The van der Waals surface area contributed by atoms with Crippen LogP contribution in [0.5, 0.6) is 0 Å². The number of amides is 2. The Balaban J connectivity index is 1.57. The minimum Gasteiger partial charge on any atom is -0.441 e. The molecule has 0 bridgehead atoms. The third-order valence-electron chi connectivity index (χ3n) is 4.02. The van der Waals surface area contributed by atoms with E-state index in [1.165, 1.54) is 25.1 Å². The van der Waals surface area contributed by atoms with E-state index in [4.69, 9.17) is 4.42 Å². The number of oxazole rings is 1. The molecule has 0 aliphatic rings. The molecular formula is C21H20FN3O3. The third kappa shape index (κ3) is 5.03. The summed E-state index contributed by atoms with van der Waals surface area (Å²) in [6, 6.07) is 11.9. The molecule has 2 N–H and O–H groups in total. The Morgan fingerprint density at radius 1 is 1.11 bits per heavy atom. The van der Waals surface area contributed by atoms with E-state index < -0.39 is 11.7 Å². The summed E-state index contributed by atoms with van der Waals surface area (Å²) >= 11 is 0. The van der Waals surface area contributed by atoms with E-state index in [1.807, 2.05) is 31.2 Å². The monoisotopic (exact) mass is 381 g/mol. The molecule has 3 aromatic rings. The van der Waals surface area contributed by atoms with Gasteiger partial charge in [0.05, 0.1) is 11.9 Å². The van der Waals surface area contributed by atoms with E-state index in [-0.39, 0.29) is 18.0 Å². The molecule has 0 saturated carbocycles. The van der Waals surface area contributed by atoms with Crippen LogP contribution in [-0.4, -0.2) is 16.8 Å². The fourth-order valence-corrected chi connectivity index (χ4v) is 2.61. The Labute approximate surface area is 161 Å². The number of aromatic nitrogens is 1. The molecule has 7 heteroatoms. The lowest BCUT2D eigenvalue weighted by Gasteiger charge is -2.08. The second-order valence-corrected chi connectivity index (χ2v) is 6.41. The molecule has 2 aromatic carbocycles. The second-order valence-electron chi connectivity index (χ2n) is 6.41. The van der Waals surface area contributed by atoms with Crippen molar-refractivity contribution in [1.82, 2.24) is 4.98 Å². The quantitative estimate of drug-likeness (QED) is 0.666. The van der Waals surface area contributed by atoms with Crippen molar-refractivity contribution in [3.05, 3.63) is 65.9 Å². The first-order chi connectivity index (χ1) is 13.4. The van der Waals surface area contributed by atoms with E-state index in [1.54, 1.807) is 6.20 Å². The second kappa shape index (κ2) is 8.47. The number of hydrogen-bond acceptors (Lipinski definition) is 4. The van der Waals surface area contributed by atoms with Gasteiger partial charge in [0, 0.05) is 31.0 Å². The molecule has 0 spiro atoms. The smallest absolute Gasteiger partial charge is 0.224 e. The number of nitrogens with zero attached hydrogens (tertiary/aromatic N) is 1. The van der Waals surface area contributed by atoms with Gasteiger partial charge in [0.25, 0.3) is 0 Å². The van der Waals surface area contributed by atoms with Crippen LogP contribution in [0.2, 0.25) is 0 Å². The van der Waals surface area contributed by atoms with Gasteiger partial charge in [-0.1, -0.05) is 29.8 Å². The summed E-state index contributed by atoms with van der Waals surface area (Å²) in [4.78, 5) is 27.5. The highest BCUT2D eigenvalue weighted by molar-refractivity contribution is 5.93. The topological polar surface area (TPSA) is 84.2 Å². The SMILES string of the molecule is CC(=O)Nc1cc(NC(=O)CCc2ncc(-c3ccc(C)cc3)o2)ccc1F. The molecular weight excluding hydrogens is 361 g/mol. The van der Waals surface area contributed by atoms with Crippen molar-refractivity contribution >= 4 is 23.2 Å².